The molecule has 1 fully saturated rings. The fourth-order valence-electron chi connectivity index (χ4n) is 2.04. The molecule has 0 heterocycles. The van der Waals surface area contributed by atoms with Gasteiger partial charge in [0.05, 0.1) is 17.1 Å². The van der Waals surface area contributed by atoms with E-state index in [4.69, 9.17) is 0 Å². The second-order valence-electron chi connectivity index (χ2n) is 5.01. The summed E-state index contributed by atoms with van der Waals surface area (Å²) in [7, 11) is 1.46. The average molecular weight is 282 g/mol. The molecule has 0 spiro atoms. The molecule has 108 valence electrons. The highest BCUT2D eigenvalue weighted by Gasteiger charge is 2.32. The number of aliphatic hydroxyl groups excluding tert-OH is 1. The Labute approximate surface area is 115 Å². The van der Waals surface area contributed by atoms with Crippen LogP contribution in [0.1, 0.15) is 23.2 Å². The average Bonchev–Trinajstić information content (AvgIpc) is 3.21. The molecule has 20 heavy (non-hydrogen) atoms. The monoisotopic (exact) mass is 282 g/mol. The Morgan fingerprint density at radius 2 is 2.25 bits per heavy atom. The minimum Gasteiger partial charge on any atom is -0.391 e. The van der Waals surface area contributed by atoms with Gasteiger partial charge < -0.3 is 10.0 Å². The first-order valence-electron chi connectivity index (χ1n) is 6.27. The molecule has 1 aliphatic carbocycles. The van der Waals surface area contributed by atoms with Crippen molar-refractivity contribution in [3.8, 4) is 0 Å². The van der Waals surface area contributed by atoms with Gasteiger partial charge in [0.15, 0.2) is 0 Å². The second-order valence-corrected chi connectivity index (χ2v) is 5.01. The van der Waals surface area contributed by atoms with E-state index >= 15 is 0 Å². The highest BCUT2D eigenvalue weighted by Crippen LogP contribution is 2.33. The number of nitro groups is 1. The predicted octanol–water partition coefficient (Wildman–Crippen LogP) is 1.58. The number of hydrogen-bond acceptors (Lipinski definition) is 4. The molecule has 0 aromatic heterocycles. The highest BCUT2D eigenvalue weighted by atomic mass is 19.1. The zero-order valence-electron chi connectivity index (χ0n) is 11.0. The predicted molar refractivity (Wildman–Crippen MR) is 68.7 cm³/mol. The number of likely N-dealkylation sites (N-methyl/N-ethyl adjacent to an activating group) is 1. The Bertz CT molecular complexity index is 545. The maximum absolute atomic E-state index is 13.0. The molecule has 7 heteroatoms. The van der Waals surface area contributed by atoms with Crippen LogP contribution in [0.25, 0.3) is 0 Å². The highest BCUT2D eigenvalue weighted by molar-refractivity contribution is 5.98. The molecule has 1 N–H and O–H groups in total. The smallest absolute Gasteiger partial charge is 0.285 e. The first-order chi connectivity index (χ1) is 9.40. The summed E-state index contributed by atoms with van der Waals surface area (Å²) in [5, 5.41) is 20.7. The van der Waals surface area contributed by atoms with Crippen molar-refractivity contribution in [2.75, 3.05) is 13.6 Å². The van der Waals surface area contributed by atoms with Crippen molar-refractivity contribution in [1.82, 2.24) is 4.90 Å². The SMILES string of the molecule is CN(CC(O)C1CC1)C(=O)c1ccc(F)cc1[N+](=O)[O-]. The summed E-state index contributed by atoms with van der Waals surface area (Å²) in [5.74, 6) is -1.17. The van der Waals surface area contributed by atoms with E-state index in [9.17, 15) is 24.4 Å². The molecule has 0 radical (unpaired) electrons. The van der Waals surface area contributed by atoms with Gasteiger partial charge in [-0.1, -0.05) is 0 Å². The van der Waals surface area contributed by atoms with Crippen LogP contribution in [0.15, 0.2) is 18.2 Å². The van der Waals surface area contributed by atoms with E-state index < -0.39 is 28.4 Å². The lowest BCUT2D eigenvalue weighted by Gasteiger charge is -2.20. The number of carbonyl (C=O) groups is 1. The van der Waals surface area contributed by atoms with Crippen molar-refractivity contribution in [2.45, 2.75) is 18.9 Å². The van der Waals surface area contributed by atoms with Crippen molar-refractivity contribution in [3.63, 3.8) is 0 Å². The lowest BCUT2D eigenvalue weighted by molar-refractivity contribution is -0.385. The third-order valence-electron chi connectivity index (χ3n) is 3.36. The van der Waals surface area contributed by atoms with Crippen LogP contribution in [0.5, 0.6) is 0 Å². The molecule has 0 saturated heterocycles. The summed E-state index contributed by atoms with van der Waals surface area (Å²) < 4.78 is 13.0. The number of benzene rings is 1. The number of aliphatic hydroxyl groups is 1. The van der Waals surface area contributed by atoms with Gasteiger partial charge in [0.1, 0.15) is 11.4 Å². The third-order valence-corrected chi connectivity index (χ3v) is 3.36. The molecule has 1 atom stereocenters. The summed E-state index contributed by atoms with van der Waals surface area (Å²) in [5.41, 5.74) is -0.746. The number of nitrogens with zero attached hydrogens (tertiary/aromatic N) is 2. The van der Waals surface area contributed by atoms with Gasteiger partial charge >= 0.3 is 0 Å². The van der Waals surface area contributed by atoms with E-state index in [0.29, 0.717) is 0 Å². The Hall–Kier alpha value is -2.02. The fourth-order valence-corrected chi connectivity index (χ4v) is 2.04. The van der Waals surface area contributed by atoms with Crippen LogP contribution in [0.4, 0.5) is 10.1 Å². The van der Waals surface area contributed by atoms with Crippen molar-refractivity contribution in [2.24, 2.45) is 5.92 Å². The van der Waals surface area contributed by atoms with Gasteiger partial charge in [0.25, 0.3) is 11.6 Å². The maximum Gasteiger partial charge on any atom is 0.285 e. The number of halogens is 1. The molecule has 1 aromatic carbocycles. The number of nitro benzene ring substituents is 1. The molecule has 1 aromatic rings. The van der Waals surface area contributed by atoms with Crippen LogP contribution in [0.2, 0.25) is 0 Å². The molecule has 2 rings (SSSR count). The fraction of sp³-hybridized carbons (Fsp3) is 0.462. The molecule has 0 aliphatic heterocycles. The Morgan fingerprint density at radius 3 is 2.80 bits per heavy atom. The van der Waals surface area contributed by atoms with E-state index in [-0.39, 0.29) is 18.0 Å². The van der Waals surface area contributed by atoms with E-state index in [1.54, 1.807) is 0 Å². The third kappa shape index (κ3) is 3.11. The minimum atomic E-state index is -0.790. The van der Waals surface area contributed by atoms with Gasteiger partial charge in [0, 0.05) is 13.6 Å². The minimum absolute atomic E-state index is 0.109. The molecule has 0 bridgehead atoms. The second kappa shape index (κ2) is 5.54. The summed E-state index contributed by atoms with van der Waals surface area (Å²) in [4.78, 5) is 23.4. The number of carbonyl (C=O) groups excluding carboxylic acids is 1. The summed E-state index contributed by atoms with van der Waals surface area (Å²) in [6.07, 6.45) is 1.24. The van der Waals surface area contributed by atoms with Crippen molar-refractivity contribution < 1.29 is 19.2 Å². The van der Waals surface area contributed by atoms with Crippen LogP contribution < -0.4 is 0 Å². The van der Waals surface area contributed by atoms with E-state index in [2.05, 4.69) is 0 Å². The lowest BCUT2D eigenvalue weighted by atomic mass is 10.1. The van der Waals surface area contributed by atoms with Crippen LogP contribution in [0.3, 0.4) is 0 Å². The summed E-state index contributed by atoms with van der Waals surface area (Å²) in [6, 6.07) is 2.82. The summed E-state index contributed by atoms with van der Waals surface area (Å²) in [6.45, 7) is 0.109. The van der Waals surface area contributed by atoms with Crippen LogP contribution in [-0.4, -0.2) is 40.5 Å². The summed E-state index contributed by atoms with van der Waals surface area (Å²) >= 11 is 0. The topological polar surface area (TPSA) is 83.7 Å². The van der Waals surface area contributed by atoms with Crippen LogP contribution in [-0.2, 0) is 0 Å². The van der Waals surface area contributed by atoms with E-state index in [1.165, 1.54) is 11.9 Å². The molecule has 6 nitrogen and oxygen atoms in total. The van der Waals surface area contributed by atoms with Gasteiger partial charge in [-0.3, -0.25) is 14.9 Å². The molecule has 1 unspecified atom stereocenters. The van der Waals surface area contributed by atoms with E-state index in [1.807, 2.05) is 0 Å². The molecule has 1 amide bonds. The van der Waals surface area contributed by atoms with Crippen molar-refractivity contribution in [1.29, 1.82) is 0 Å². The van der Waals surface area contributed by atoms with Crippen LogP contribution in [0, 0.1) is 21.8 Å². The van der Waals surface area contributed by atoms with Gasteiger partial charge in [-0.15, -0.1) is 0 Å². The first kappa shape index (κ1) is 14.4. The number of hydrogen-bond donors (Lipinski definition) is 1. The number of rotatable bonds is 5. The van der Waals surface area contributed by atoms with Crippen molar-refractivity contribution >= 4 is 11.6 Å². The Kier molecular flexibility index (Phi) is 3.99. The van der Waals surface area contributed by atoms with Crippen LogP contribution >= 0.6 is 0 Å². The van der Waals surface area contributed by atoms with Gasteiger partial charge in [0.2, 0.25) is 0 Å². The van der Waals surface area contributed by atoms with Gasteiger partial charge in [-0.25, -0.2) is 4.39 Å². The zero-order chi connectivity index (χ0) is 14.9. The van der Waals surface area contributed by atoms with Gasteiger partial charge in [-0.05, 0) is 30.9 Å². The maximum atomic E-state index is 13.0. The molecule has 1 aliphatic rings. The Morgan fingerprint density at radius 1 is 1.60 bits per heavy atom. The lowest BCUT2D eigenvalue weighted by Crippen LogP contribution is -2.35. The zero-order valence-corrected chi connectivity index (χ0v) is 11.0. The quantitative estimate of drug-likeness (QED) is 0.656. The van der Waals surface area contributed by atoms with E-state index in [0.717, 1.165) is 31.0 Å². The Balaban J connectivity index is 2.17. The van der Waals surface area contributed by atoms with Gasteiger partial charge in [-0.2, -0.15) is 0 Å². The standard InChI is InChI=1S/C13H15FN2O4/c1-15(7-12(17)8-2-3-8)13(18)10-5-4-9(14)6-11(10)16(19)20/h4-6,8,12,17H,2-3,7H2,1H3. The molecular formula is C13H15FN2O4. The molecular weight excluding hydrogens is 267 g/mol. The molecule has 1 saturated carbocycles. The first-order valence-corrected chi connectivity index (χ1v) is 6.27. The van der Waals surface area contributed by atoms with Crippen molar-refractivity contribution in [3.05, 3.63) is 39.7 Å². The largest absolute Gasteiger partial charge is 0.391 e. The number of amides is 1. The normalized spacial score (nSPS) is 15.8.